The van der Waals surface area contributed by atoms with E-state index in [1.165, 1.54) is 49.9 Å². The number of terminal acetylenes is 1. The zero-order valence-electron chi connectivity index (χ0n) is 34.8. The van der Waals surface area contributed by atoms with Gasteiger partial charge in [-0.25, -0.2) is 27.2 Å². The number of methoxy groups -OCH3 is 1. The normalized spacial score (nSPS) is 16.0. The standard InChI is InChI=1S/C19H15FN2O4.C15H16F3N5O4S.C5H12NO4P/c1-2-7-21-15-9-14(13(20)8-16(15)26-10-17(21)23)22-18(24)11-5-3-4-6-12(11)19(22)25;1-9-19-12(22-14(20-9)27-2)21-13(24)23-28(25,26)11-6-4-3-5-10(11)7-8-15(16,17)18;1-11(9,10)3-2-4(6)5(7)8/h1,8-9H,3-7,10H2;3-6H,7-8H2,1-2H3,(H2,19,20,21,22,23,24);4H,2-3,6H2,1H3,(H,7,8)(H,9,10). The Morgan fingerprint density at radius 3 is 2.28 bits per heavy atom. The molecule has 0 bridgehead atoms. The summed E-state index contributed by atoms with van der Waals surface area (Å²) in [7, 11) is -6.25. The molecular formula is C39H43F4N8O12PS. The van der Waals surface area contributed by atoms with Crippen molar-refractivity contribution >= 4 is 64.4 Å². The van der Waals surface area contributed by atoms with E-state index in [0.29, 0.717) is 24.0 Å². The number of carboxylic acids is 1. The Bertz CT molecular complexity index is 2560. The molecule has 3 heterocycles. The van der Waals surface area contributed by atoms with Crippen molar-refractivity contribution in [3.8, 4) is 24.1 Å². The zero-order chi connectivity index (χ0) is 48.4. The van der Waals surface area contributed by atoms with Gasteiger partial charge in [-0.05, 0) is 63.1 Å². The molecule has 6 rings (SSSR count). The SMILES string of the molecule is C#CCN1C(=O)COc2cc(F)c(N3C(=O)C4=C(CCCC4)C3=O)cc21.COc1nc(C)nc(NC(=O)NS(=O)(=O)c2ccccc2CCC(F)(F)F)n1.CP(=O)(O)CCC(N)C(=O)O. The van der Waals surface area contributed by atoms with Gasteiger partial charge in [0.05, 0.1) is 29.9 Å². The lowest BCUT2D eigenvalue weighted by atomic mass is 9.93. The Kier molecular flexibility index (Phi) is 16.9. The van der Waals surface area contributed by atoms with Crippen LogP contribution in [-0.2, 0) is 40.2 Å². The van der Waals surface area contributed by atoms with E-state index < -0.39 is 77.0 Å². The van der Waals surface area contributed by atoms with E-state index in [9.17, 15) is 54.5 Å². The Morgan fingerprint density at radius 2 is 1.71 bits per heavy atom. The quantitative estimate of drug-likeness (QED) is 0.0747. The van der Waals surface area contributed by atoms with Gasteiger partial charge in [0.2, 0.25) is 5.95 Å². The smallest absolute Gasteiger partial charge is 0.389 e. The number of hydrogen-bond donors (Lipinski definition) is 5. The van der Waals surface area contributed by atoms with Crippen LogP contribution < -0.4 is 35.0 Å². The number of nitrogens with two attached hydrogens (primary N) is 1. The third kappa shape index (κ3) is 14.0. The predicted molar refractivity (Wildman–Crippen MR) is 223 cm³/mol. The minimum absolute atomic E-state index is 0.0170. The average Bonchev–Trinajstić information content (AvgIpc) is 3.48. The molecule has 20 nitrogen and oxygen atoms in total. The lowest BCUT2D eigenvalue weighted by molar-refractivity contribution is -0.138. The number of nitrogens with zero attached hydrogens (tertiary/aromatic N) is 5. The van der Waals surface area contributed by atoms with Crippen LogP contribution in [0.15, 0.2) is 52.4 Å². The van der Waals surface area contributed by atoms with Crippen molar-refractivity contribution in [2.45, 2.75) is 69.0 Å². The van der Waals surface area contributed by atoms with Gasteiger partial charge in [0, 0.05) is 36.5 Å². The van der Waals surface area contributed by atoms with Crippen molar-refractivity contribution < 1.29 is 74.0 Å². The number of benzene rings is 2. The maximum Gasteiger partial charge on any atom is 0.389 e. The van der Waals surface area contributed by atoms with Gasteiger partial charge in [-0.2, -0.15) is 28.1 Å². The number of imide groups is 1. The molecule has 2 unspecified atom stereocenters. The average molecular weight is 955 g/mol. The second-order valence-electron chi connectivity index (χ2n) is 14.3. The highest BCUT2D eigenvalue weighted by Crippen LogP contribution is 2.42. The van der Waals surface area contributed by atoms with Gasteiger partial charge in [-0.15, -0.1) is 6.42 Å². The fourth-order valence-corrected chi connectivity index (χ4v) is 8.20. The molecule has 26 heteroatoms. The van der Waals surface area contributed by atoms with Gasteiger partial charge >= 0.3 is 24.2 Å². The molecule has 0 radical (unpaired) electrons. The van der Waals surface area contributed by atoms with Crippen molar-refractivity contribution in [3.63, 3.8) is 0 Å². The summed E-state index contributed by atoms with van der Waals surface area (Å²) in [5, 5.41) is 10.4. The Labute approximate surface area is 369 Å². The number of aromatic nitrogens is 3. The first-order chi connectivity index (χ1) is 30.3. The van der Waals surface area contributed by atoms with E-state index >= 15 is 0 Å². The molecule has 1 aliphatic carbocycles. The van der Waals surface area contributed by atoms with Gasteiger partial charge in [0.25, 0.3) is 27.7 Å². The molecule has 2 atom stereocenters. The number of ether oxygens (including phenoxy) is 2. The first-order valence-corrected chi connectivity index (χ1v) is 23.0. The van der Waals surface area contributed by atoms with Crippen molar-refractivity contribution in [1.82, 2.24) is 19.7 Å². The minimum Gasteiger partial charge on any atom is -0.481 e. The van der Waals surface area contributed by atoms with E-state index in [-0.39, 0.29) is 72.1 Å². The number of halogens is 4. The topological polar surface area (TPSA) is 291 Å². The van der Waals surface area contributed by atoms with E-state index in [2.05, 4.69) is 26.2 Å². The number of anilines is 3. The summed E-state index contributed by atoms with van der Waals surface area (Å²) in [5.41, 5.74) is 6.01. The number of sulfonamides is 1. The van der Waals surface area contributed by atoms with E-state index in [1.807, 2.05) is 0 Å². The largest absolute Gasteiger partial charge is 0.481 e. The molecule has 3 aromatic rings. The molecule has 2 aromatic carbocycles. The summed E-state index contributed by atoms with van der Waals surface area (Å²) in [4.78, 5) is 81.4. The fourth-order valence-electron chi connectivity index (χ4n) is 6.26. The molecule has 5 amide bonds. The second-order valence-corrected chi connectivity index (χ2v) is 18.5. The van der Waals surface area contributed by atoms with Gasteiger partial charge in [-0.1, -0.05) is 24.1 Å². The molecule has 3 aliphatic rings. The van der Waals surface area contributed by atoms with Crippen LogP contribution in [-0.4, -0.2) is 108 Å². The van der Waals surface area contributed by atoms with Crippen molar-refractivity contribution in [1.29, 1.82) is 0 Å². The lowest BCUT2D eigenvalue weighted by Crippen LogP contribution is -2.39. The molecule has 65 heavy (non-hydrogen) atoms. The zero-order valence-corrected chi connectivity index (χ0v) is 36.6. The maximum atomic E-state index is 14.7. The summed E-state index contributed by atoms with van der Waals surface area (Å²) < 4.78 is 99.4. The van der Waals surface area contributed by atoms with E-state index in [1.54, 1.807) is 4.72 Å². The minimum atomic E-state index is -4.45. The van der Waals surface area contributed by atoms with Crippen LogP contribution in [0.4, 0.5) is 39.7 Å². The van der Waals surface area contributed by atoms with Crippen LogP contribution in [0.25, 0.3) is 0 Å². The molecule has 350 valence electrons. The molecule has 0 saturated heterocycles. The van der Waals surface area contributed by atoms with Crippen LogP contribution in [0.2, 0.25) is 0 Å². The first kappa shape index (κ1) is 51.2. The number of nitrogens with one attached hydrogen (secondary N) is 2. The number of aliphatic carboxylic acids is 1. The highest BCUT2D eigenvalue weighted by atomic mass is 32.2. The molecule has 1 aromatic heterocycles. The summed E-state index contributed by atoms with van der Waals surface area (Å²) >= 11 is 0. The van der Waals surface area contributed by atoms with Crippen LogP contribution in [0.3, 0.4) is 0 Å². The number of rotatable bonds is 12. The third-order valence-electron chi connectivity index (χ3n) is 9.33. The summed E-state index contributed by atoms with van der Waals surface area (Å²) in [5.74, 6) is -0.786. The number of urea groups is 1. The molecule has 0 spiro atoms. The molecular weight excluding hydrogens is 912 g/mol. The van der Waals surface area contributed by atoms with E-state index in [4.69, 9.17) is 31.6 Å². The number of amides is 5. The number of hydrogen-bond acceptors (Lipinski definition) is 14. The molecule has 0 fully saturated rings. The van der Waals surface area contributed by atoms with Gasteiger partial charge in [0.1, 0.15) is 17.6 Å². The van der Waals surface area contributed by atoms with E-state index in [0.717, 1.165) is 29.9 Å². The summed E-state index contributed by atoms with van der Waals surface area (Å²) in [6.07, 6.45) is 1.82. The molecule has 2 aliphatic heterocycles. The highest BCUT2D eigenvalue weighted by Gasteiger charge is 2.42. The Morgan fingerprint density at radius 1 is 1.08 bits per heavy atom. The number of carbonyl (C=O) groups excluding carboxylic acids is 4. The monoisotopic (exact) mass is 954 g/mol. The van der Waals surface area contributed by atoms with Crippen LogP contribution >= 0.6 is 7.37 Å². The lowest BCUT2D eigenvalue weighted by Gasteiger charge is -2.29. The second kappa shape index (κ2) is 21.5. The number of carboxylic acid groups (broad SMARTS) is 1. The Hall–Kier alpha value is -6.48. The van der Waals surface area contributed by atoms with Crippen molar-refractivity contribution in [3.05, 3.63) is 64.7 Å². The van der Waals surface area contributed by atoms with Gasteiger partial charge in [0.15, 0.2) is 19.8 Å². The number of fused-ring (bicyclic) bond motifs is 1. The van der Waals surface area contributed by atoms with Crippen LogP contribution in [0.1, 0.15) is 49.9 Å². The highest BCUT2D eigenvalue weighted by molar-refractivity contribution is 7.90. The third-order valence-corrected chi connectivity index (χ3v) is 11.8. The molecule has 6 N–H and O–H groups in total. The number of alkyl halides is 3. The maximum absolute atomic E-state index is 14.7. The predicted octanol–water partition coefficient (Wildman–Crippen LogP) is 3.81. The van der Waals surface area contributed by atoms with Gasteiger partial charge in [-0.3, -0.25) is 34.0 Å². The van der Waals surface area contributed by atoms with Crippen molar-refractivity contribution in [2.75, 3.05) is 48.2 Å². The fraction of sp³-hybridized carbons (Fsp3) is 0.385. The van der Waals surface area contributed by atoms with Crippen LogP contribution in [0, 0.1) is 25.1 Å². The summed E-state index contributed by atoms with van der Waals surface area (Å²) in [6, 6.07) is 5.15. The number of aryl methyl sites for hydroxylation is 2. The number of carbonyl (C=O) groups is 5. The first-order valence-electron chi connectivity index (χ1n) is 19.2. The van der Waals surface area contributed by atoms with Gasteiger partial charge < -0.3 is 25.2 Å². The van der Waals surface area contributed by atoms with Crippen LogP contribution in [0.5, 0.6) is 11.8 Å². The summed E-state index contributed by atoms with van der Waals surface area (Å²) in [6.45, 7) is 2.42. The van der Waals surface area contributed by atoms with Crippen molar-refractivity contribution in [2.24, 2.45) is 5.73 Å². The molecule has 0 saturated carbocycles. The Balaban J connectivity index is 0.000000233.